The lowest BCUT2D eigenvalue weighted by Gasteiger charge is -2.07. The molecule has 0 fully saturated rings. The van der Waals surface area contributed by atoms with Gasteiger partial charge in [-0.05, 0) is 48.9 Å². The molecule has 2 N–H and O–H groups in total. The molecule has 2 aromatic rings. The summed E-state index contributed by atoms with van der Waals surface area (Å²) in [5.41, 5.74) is 0.453. The van der Waals surface area contributed by atoms with E-state index in [9.17, 15) is 13.5 Å². The smallest absolute Gasteiger partial charge is 0.276 e. The van der Waals surface area contributed by atoms with E-state index in [0.29, 0.717) is 17.9 Å². The van der Waals surface area contributed by atoms with Crippen LogP contribution in [0.15, 0.2) is 46.4 Å². The molecule has 0 unspecified atom stereocenters. The fourth-order valence-corrected chi connectivity index (χ4v) is 2.94. The third-order valence-electron chi connectivity index (χ3n) is 3.10. The number of sulfonamides is 1. The highest BCUT2D eigenvalue weighted by molar-refractivity contribution is 7.89. The molecule has 25 heavy (non-hydrogen) atoms. The maximum Gasteiger partial charge on any atom is 0.276 e. The number of phenols is 1. The molecular weight excluding hydrogens is 368 g/mol. The van der Waals surface area contributed by atoms with Crippen LogP contribution in [0.3, 0.4) is 0 Å². The van der Waals surface area contributed by atoms with Crippen molar-refractivity contribution >= 4 is 27.8 Å². The second kappa shape index (κ2) is 8.09. The van der Waals surface area contributed by atoms with Crippen molar-refractivity contribution in [3.8, 4) is 17.2 Å². The van der Waals surface area contributed by atoms with Crippen LogP contribution in [0.1, 0.15) is 12.5 Å². The monoisotopic (exact) mass is 384 g/mol. The number of nitrogens with one attached hydrogen (secondary N) is 1. The zero-order chi connectivity index (χ0) is 18.4. The molecule has 0 aliphatic heterocycles. The summed E-state index contributed by atoms with van der Waals surface area (Å²) in [6.45, 7) is 2.33. The van der Waals surface area contributed by atoms with Crippen molar-refractivity contribution in [2.45, 2.75) is 11.8 Å². The summed E-state index contributed by atoms with van der Waals surface area (Å²) in [6.07, 6.45) is 1.25. The molecule has 0 saturated carbocycles. The first-order chi connectivity index (χ1) is 11.9. The molecule has 0 aromatic heterocycles. The molecule has 2 aromatic carbocycles. The SMILES string of the molecule is CCOc1ccc(S(=O)(=O)N/N=C/c2cc(Cl)c(O)c(OC)c2)cc1. The molecule has 0 heterocycles. The first-order valence-electron chi connectivity index (χ1n) is 7.21. The first-order valence-corrected chi connectivity index (χ1v) is 9.07. The van der Waals surface area contributed by atoms with Crippen LogP contribution in [0.5, 0.6) is 17.2 Å². The normalized spacial score (nSPS) is 11.5. The summed E-state index contributed by atoms with van der Waals surface area (Å²) in [5, 5.41) is 13.4. The van der Waals surface area contributed by atoms with Crippen molar-refractivity contribution in [2.75, 3.05) is 13.7 Å². The topological polar surface area (TPSA) is 97.2 Å². The van der Waals surface area contributed by atoms with Crippen LogP contribution in [0.4, 0.5) is 0 Å². The predicted octanol–water partition coefficient (Wildman–Crippen LogP) is 2.77. The predicted molar refractivity (Wildman–Crippen MR) is 95.2 cm³/mol. The van der Waals surface area contributed by atoms with Crippen LogP contribution in [0.2, 0.25) is 5.02 Å². The van der Waals surface area contributed by atoms with Gasteiger partial charge in [0.15, 0.2) is 11.5 Å². The van der Waals surface area contributed by atoms with Crippen LogP contribution in [0, 0.1) is 0 Å². The third-order valence-corrected chi connectivity index (χ3v) is 4.63. The lowest BCUT2D eigenvalue weighted by Crippen LogP contribution is -2.18. The van der Waals surface area contributed by atoms with E-state index < -0.39 is 10.0 Å². The maximum absolute atomic E-state index is 12.2. The van der Waals surface area contributed by atoms with E-state index in [2.05, 4.69) is 9.93 Å². The molecule has 0 saturated heterocycles. The second-order valence-electron chi connectivity index (χ2n) is 4.81. The summed E-state index contributed by atoms with van der Waals surface area (Å²) in [6, 6.07) is 8.86. The Bertz CT molecular complexity index is 867. The third kappa shape index (κ3) is 4.77. The average Bonchev–Trinajstić information content (AvgIpc) is 2.58. The minimum atomic E-state index is -3.81. The molecule has 134 valence electrons. The van der Waals surface area contributed by atoms with E-state index in [0.717, 1.165) is 0 Å². The molecule has 9 heteroatoms. The first kappa shape index (κ1) is 18.9. The van der Waals surface area contributed by atoms with Crippen LogP contribution in [0.25, 0.3) is 0 Å². The zero-order valence-electron chi connectivity index (χ0n) is 13.6. The van der Waals surface area contributed by atoms with Crippen molar-refractivity contribution in [3.05, 3.63) is 47.0 Å². The number of ether oxygens (including phenoxy) is 2. The largest absolute Gasteiger partial charge is 0.503 e. The van der Waals surface area contributed by atoms with Gasteiger partial charge in [-0.25, -0.2) is 4.83 Å². The van der Waals surface area contributed by atoms with Crippen LogP contribution >= 0.6 is 11.6 Å². The van der Waals surface area contributed by atoms with Gasteiger partial charge in [-0.1, -0.05) is 11.6 Å². The van der Waals surface area contributed by atoms with Gasteiger partial charge in [0.05, 0.1) is 29.8 Å². The van der Waals surface area contributed by atoms with Gasteiger partial charge in [0, 0.05) is 0 Å². The Kier molecular flexibility index (Phi) is 6.11. The van der Waals surface area contributed by atoms with Gasteiger partial charge in [-0.15, -0.1) is 0 Å². The van der Waals surface area contributed by atoms with E-state index in [4.69, 9.17) is 21.1 Å². The van der Waals surface area contributed by atoms with Gasteiger partial charge in [0.2, 0.25) is 0 Å². The Morgan fingerprint density at radius 2 is 1.96 bits per heavy atom. The zero-order valence-corrected chi connectivity index (χ0v) is 15.1. The fraction of sp³-hybridized carbons (Fsp3) is 0.188. The van der Waals surface area contributed by atoms with E-state index in [-0.39, 0.29) is 21.4 Å². The lowest BCUT2D eigenvalue weighted by molar-refractivity contribution is 0.340. The molecule has 0 amide bonds. The van der Waals surface area contributed by atoms with Crippen molar-refractivity contribution in [1.29, 1.82) is 0 Å². The molecule has 0 atom stereocenters. The highest BCUT2D eigenvalue weighted by atomic mass is 35.5. The number of hydrogen-bond donors (Lipinski definition) is 2. The van der Waals surface area contributed by atoms with Gasteiger partial charge >= 0.3 is 0 Å². The van der Waals surface area contributed by atoms with E-state index in [1.165, 1.54) is 37.6 Å². The molecule has 0 bridgehead atoms. The number of aromatic hydroxyl groups is 1. The fourth-order valence-electron chi connectivity index (χ4n) is 1.93. The molecule has 0 radical (unpaired) electrons. The number of nitrogens with zero attached hydrogens (tertiary/aromatic N) is 1. The van der Waals surface area contributed by atoms with Gasteiger partial charge in [0.25, 0.3) is 10.0 Å². The summed E-state index contributed by atoms with van der Waals surface area (Å²) in [4.78, 5) is 2.15. The van der Waals surface area contributed by atoms with Gasteiger partial charge < -0.3 is 14.6 Å². The number of rotatable bonds is 7. The number of methoxy groups -OCH3 is 1. The minimum absolute atomic E-state index is 0.0504. The summed E-state index contributed by atoms with van der Waals surface area (Å²) < 4.78 is 34.6. The molecule has 0 spiro atoms. The molecular formula is C16H17ClN2O5S. The van der Waals surface area contributed by atoms with Crippen LogP contribution in [-0.4, -0.2) is 33.5 Å². The number of hydrazone groups is 1. The maximum atomic E-state index is 12.2. The van der Waals surface area contributed by atoms with E-state index >= 15 is 0 Å². The number of phenolic OH excluding ortho intramolecular Hbond substituents is 1. The highest BCUT2D eigenvalue weighted by Crippen LogP contribution is 2.34. The molecule has 7 nitrogen and oxygen atoms in total. The van der Waals surface area contributed by atoms with Crippen LogP contribution < -0.4 is 14.3 Å². The number of benzene rings is 2. The molecule has 2 rings (SSSR count). The van der Waals surface area contributed by atoms with Gasteiger partial charge in [-0.2, -0.15) is 13.5 Å². The molecule has 0 aliphatic rings. The minimum Gasteiger partial charge on any atom is -0.503 e. The second-order valence-corrected chi connectivity index (χ2v) is 6.88. The van der Waals surface area contributed by atoms with Gasteiger partial charge in [-0.3, -0.25) is 0 Å². The van der Waals surface area contributed by atoms with Crippen molar-refractivity contribution in [3.63, 3.8) is 0 Å². The quantitative estimate of drug-likeness (QED) is 0.565. The highest BCUT2D eigenvalue weighted by Gasteiger charge is 2.13. The molecule has 0 aliphatic carbocycles. The average molecular weight is 385 g/mol. The number of halogens is 1. The van der Waals surface area contributed by atoms with E-state index in [1.54, 1.807) is 12.1 Å². The summed E-state index contributed by atoms with van der Waals surface area (Å²) in [7, 11) is -2.44. The van der Waals surface area contributed by atoms with E-state index in [1.807, 2.05) is 6.92 Å². The Morgan fingerprint density at radius 3 is 2.56 bits per heavy atom. The van der Waals surface area contributed by atoms with Crippen LogP contribution in [-0.2, 0) is 10.0 Å². The van der Waals surface area contributed by atoms with Crippen molar-refractivity contribution in [1.82, 2.24) is 4.83 Å². The Morgan fingerprint density at radius 1 is 1.28 bits per heavy atom. The van der Waals surface area contributed by atoms with Crippen molar-refractivity contribution < 1.29 is 23.0 Å². The summed E-state index contributed by atoms with van der Waals surface area (Å²) >= 11 is 5.86. The Balaban J connectivity index is 2.13. The standard InChI is InChI=1S/C16H17ClN2O5S/c1-3-24-12-4-6-13(7-5-12)25(21,22)19-18-10-11-8-14(17)16(20)15(9-11)23-2/h4-10,19-20H,3H2,1-2H3/b18-10+. The van der Waals surface area contributed by atoms with Crippen molar-refractivity contribution in [2.24, 2.45) is 5.10 Å². The van der Waals surface area contributed by atoms with Gasteiger partial charge in [0.1, 0.15) is 5.75 Å². The number of hydrogen-bond acceptors (Lipinski definition) is 6. The summed E-state index contributed by atoms with van der Waals surface area (Å²) in [5.74, 6) is 0.537. The lowest BCUT2D eigenvalue weighted by atomic mass is 10.2. The Labute approximate surface area is 150 Å². The Hall–Kier alpha value is -2.45.